The molecule has 3 aromatic carbocycles. The van der Waals surface area contributed by atoms with E-state index in [9.17, 15) is 68.3 Å². The number of alkyl halides is 9. The van der Waals surface area contributed by atoms with E-state index in [1.807, 2.05) is 0 Å². The molecule has 0 fully saturated rings. The second kappa shape index (κ2) is 21.5. The summed E-state index contributed by atoms with van der Waals surface area (Å²) in [6.45, 7) is 4.14. The van der Waals surface area contributed by atoms with Crippen LogP contribution in [0.3, 0.4) is 0 Å². The Kier molecular flexibility index (Phi) is 16.8. The molecule has 3 atom stereocenters. The van der Waals surface area contributed by atoms with E-state index in [-0.39, 0.29) is 34.1 Å². The molecule has 0 aliphatic rings. The highest BCUT2D eigenvalue weighted by Crippen LogP contribution is 2.31. The summed E-state index contributed by atoms with van der Waals surface area (Å²) in [7, 11) is 7.56. The maximum atomic E-state index is 12.6. The highest BCUT2D eigenvalue weighted by atomic mass is 19.4. The Hall–Kier alpha value is -8.13. The number of nitrogens with zero attached hydrogens (tertiary/aromatic N) is 9. The van der Waals surface area contributed by atoms with Gasteiger partial charge in [-0.3, -0.25) is 42.8 Å². The van der Waals surface area contributed by atoms with Gasteiger partial charge in [0.2, 0.25) is 0 Å². The standard InChI is InChI=1S/3C15H17F3N4O2/c3*1-9(20(2)14(24)15(16,17)18)12-11(19)13(23)22(21(12)3)10-7-5-4-6-8-10/h3*4-9H,19H2,1-3H3/t2*9-;/m11./s1. The fourth-order valence-corrected chi connectivity index (χ4v) is 7.67. The summed E-state index contributed by atoms with van der Waals surface area (Å²) in [4.78, 5) is 73.0. The number of halogens is 9. The number of rotatable bonds is 9. The molecule has 0 bridgehead atoms. The first-order valence-corrected chi connectivity index (χ1v) is 21.1. The predicted octanol–water partition coefficient (Wildman–Crippen LogP) is 5.52. The van der Waals surface area contributed by atoms with E-state index < -0.39 is 71.1 Å². The molecule has 72 heavy (non-hydrogen) atoms. The van der Waals surface area contributed by atoms with Gasteiger partial charge in [-0.25, -0.2) is 14.0 Å². The lowest BCUT2D eigenvalue weighted by Crippen LogP contribution is -2.40. The van der Waals surface area contributed by atoms with E-state index in [1.54, 1.807) is 91.0 Å². The Morgan fingerprint density at radius 2 is 0.597 bits per heavy atom. The monoisotopic (exact) mass is 1030 g/mol. The Balaban J connectivity index is 0.000000234. The summed E-state index contributed by atoms with van der Waals surface area (Å²) in [6, 6.07) is 22.5. The zero-order valence-corrected chi connectivity index (χ0v) is 40.0. The van der Waals surface area contributed by atoms with Gasteiger partial charge in [0, 0.05) is 42.3 Å². The lowest BCUT2D eigenvalue weighted by Gasteiger charge is -2.26. The first-order valence-electron chi connectivity index (χ1n) is 21.1. The van der Waals surface area contributed by atoms with Crippen LogP contribution in [0.5, 0.6) is 0 Å². The van der Waals surface area contributed by atoms with Crippen LogP contribution < -0.4 is 33.9 Å². The van der Waals surface area contributed by atoms with Crippen LogP contribution in [-0.4, -0.2) is 100 Å². The van der Waals surface area contributed by atoms with E-state index in [1.165, 1.54) is 70.0 Å². The van der Waals surface area contributed by atoms with Crippen LogP contribution in [0.15, 0.2) is 105 Å². The number of para-hydroxylation sites is 3. The molecule has 1 unspecified atom stereocenters. The number of carbonyl (C=O) groups is 3. The van der Waals surface area contributed by atoms with Gasteiger partial charge in [-0.2, -0.15) is 39.5 Å². The van der Waals surface area contributed by atoms with Crippen molar-refractivity contribution in [3.8, 4) is 17.1 Å². The number of hydrogen-bond acceptors (Lipinski definition) is 9. The first-order chi connectivity index (χ1) is 33.2. The Bertz CT molecular complexity index is 2750. The normalized spacial score (nSPS) is 12.9. The molecule has 0 saturated carbocycles. The molecule has 3 amide bonds. The summed E-state index contributed by atoms with van der Waals surface area (Å²) >= 11 is 0. The minimum atomic E-state index is -5.00. The summed E-state index contributed by atoms with van der Waals surface area (Å²) < 4.78 is 121. The van der Waals surface area contributed by atoms with Crippen molar-refractivity contribution in [1.29, 1.82) is 0 Å². The topological polar surface area (TPSA) is 220 Å². The van der Waals surface area contributed by atoms with Gasteiger partial charge in [0.15, 0.2) is 0 Å². The van der Waals surface area contributed by atoms with Crippen molar-refractivity contribution >= 4 is 34.8 Å². The second-order valence-corrected chi connectivity index (χ2v) is 16.1. The number of hydrogen-bond donors (Lipinski definition) is 3. The third-order valence-electron chi connectivity index (χ3n) is 11.7. The lowest BCUT2D eigenvalue weighted by atomic mass is 10.2. The average molecular weight is 1030 g/mol. The van der Waals surface area contributed by atoms with Crippen LogP contribution in [0.4, 0.5) is 56.6 Å². The van der Waals surface area contributed by atoms with E-state index in [0.717, 1.165) is 21.1 Å². The van der Waals surface area contributed by atoms with Gasteiger partial charge >= 0.3 is 36.3 Å². The van der Waals surface area contributed by atoms with Gasteiger partial charge in [0.25, 0.3) is 16.7 Å². The van der Waals surface area contributed by atoms with Gasteiger partial charge in [0.1, 0.15) is 17.1 Å². The minimum Gasteiger partial charge on any atom is -0.393 e. The molecular formula is C45H51F9N12O6. The van der Waals surface area contributed by atoms with Gasteiger partial charge in [-0.1, -0.05) is 54.6 Å². The van der Waals surface area contributed by atoms with Crippen molar-refractivity contribution in [2.24, 2.45) is 21.1 Å². The Labute approximate surface area is 404 Å². The molecule has 0 aliphatic carbocycles. The second-order valence-electron chi connectivity index (χ2n) is 16.1. The Morgan fingerprint density at radius 3 is 0.764 bits per heavy atom. The minimum absolute atomic E-state index is 0.129. The maximum Gasteiger partial charge on any atom is 0.471 e. The van der Waals surface area contributed by atoms with Crippen molar-refractivity contribution in [3.05, 3.63) is 139 Å². The Morgan fingerprint density at radius 1 is 0.417 bits per heavy atom. The number of aromatic nitrogens is 6. The van der Waals surface area contributed by atoms with Crippen LogP contribution >= 0.6 is 0 Å². The summed E-state index contributed by atoms with van der Waals surface area (Å²) in [5.41, 5.74) is 17.1. The number of carbonyl (C=O) groups excluding carboxylic acids is 3. The maximum absolute atomic E-state index is 12.6. The lowest BCUT2D eigenvalue weighted by molar-refractivity contribution is -0.186. The van der Waals surface area contributed by atoms with Crippen LogP contribution in [0.1, 0.15) is 56.0 Å². The largest absolute Gasteiger partial charge is 0.471 e. The smallest absolute Gasteiger partial charge is 0.393 e. The van der Waals surface area contributed by atoms with Crippen LogP contribution in [-0.2, 0) is 35.5 Å². The van der Waals surface area contributed by atoms with E-state index >= 15 is 0 Å². The van der Waals surface area contributed by atoms with Crippen molar-refractivity contribution in [2.75, 3.05) is 38.3 Å². The molecule has 27 heteroatoms. The number of nitrogen functional groups attached to an aromatic ring is 3. The molecule has 0 saturated heterocycles. The number of nitrogens with two attached hydrogens (primary N) is 3. The molecule has 0 radical (unpaired) electrons. The van der Waals surface area contributed by atoms with Gasteiger partial charge in [-0.15, -0.1) is 0 Å². The van der Waals surface area contributed by atoms with E-state index in [4.69, 9.17) is 17.2 Å². The zero-order valence-electron chi connectivity index (χ0n) is 40.0. The summed E-state index contributed by atoms with van der Waals surface area (Å²) in [5, 5.41) is 0. The van der Waals surface area contributed by atoms with Crippen molar-refractivity contribution in [1.82, 2.24) is 42.8 Å². The average Bonchev–Trinajstić information content (AvgIpc) is 3.80. The third kappa shape index (κ3) is 11.4. The molecule has 390 valence electrons. The molecule has 6 aromatic rings. The molecule has 6 N–H and O–H groups in total. The van der Waals surface area contributed by atoms with Gasteiger partial charge < -0.3 is 31.9 Å². The fourth-order valence-electron chi connectivity index (χ4n) is 7.67. The summed E-state index contributed by atoms with van der Waals surface area (Å²) in [5.74, 6) is -6.02. The number of benzene rings is 3. The zero-order chi connectivity index (χ0) is 54.7. The van der Waals surface area contributed by atoms with Gasteiger partial charge in [-0.05, 0) is 57.2 Å². The fraction of sp³-hybridized carbons (Fsp3) is 0.333. The molecule has 3 aromatic heterocycles. The summed E-state index contributed by atoms with van der Waals surface area (Å²) in [6.07, 6.45) is -15.0. The highest BCUT2D eigenvalue weighted by molar-refractivity contribution is 5.83. The molecule has 18 nitrogen and oxygen atoms in total. The van der Waals surface area contributed by atoms with Crippen LogP contribution in [0, 0.1) is 0 Å². The van der Waals surface area contributed by atoms with Crippen LogP contribution in [0.25, 0.3) is 17.1 Å². The predicted molar refractivity (Wildman–Crippen MR) is 248 cm³/mol. The molecule has 0 spiro atoms. The highest BCUT2D eigenvalue weighted by Gasteiger charge is 2.46. The van der Waals surface area contributed by atoms with Crippen molar-refractivity contribution in [2.45, 2.75) is 57.4 Å². The van der Waals surface area contributed by atoms with Crippen molar-refractivity contribution in [3.63, 3.8) is 0 Å². The number of amides is 3. The molecule has 6 rings (SSSR count). The number of anilines is 3. The van der Waals surface area contributed by atoms with Crippen molar-refractivity contribution < 1.29 is 53.9 Å². The van der Waals surface area contributed by atoms with E-state index in [0.29, 0.717) is 31.8 Å². The van der Waals surface area contributed by atoms with Crippen LogP contribution in [0.2, 0.25) is 0 Å². The van der Waals surface area contributed by atoms with E-state index in [2.05, 4.69) is 0 Å². The molecular weight excluding hydrogens is 976 g/mol. The SMILES string of the molecule is CC(c1c(N)c(=O)n(-c2ccccc2)n1C)N(C)C(=O)C(F)(F)F.C[C@H](c1c(N)c(=O)n(-c2ccccc2)n1C)N(C)C(=O)C(F)(F)F.C[C@H](c1c(N)c(=O)n(-c2ccccc2)n1C)N(C)C(=O)C(F)(F)F. The third-order valence-corrected chi connectivity index (χ3v) is 11.7. The quantitative estimate of drug-likeness (QED) is 0.155. The molecule has 3 heterocycles. The van der Waals surface area contributed by atoms with Gasteiger partial charge in [0.05, 0.1) is 52.3 Å². The first kappa shape index (κ1) is 56.5. The molecule has 0 aliphatic heterocycles.